The van der Waals surface area contributed by atoms with E-state index in [-0.39, 0.29) is 11.5 Å². The summed E-state index contributed by atoms with van der Waals surface area (Å²) >= 11 is 1.22. The van der Waals surface area contributed by atoms with Crippen molar-refractivity contribution >= 4 is 22.4 Å². The highest BCUT2D eigenvalue weighted by Crippen LogP contribution is 2.24. The second kappa shape index (κ2) is 7.31. The molecule has 0 bridgehead atoms. The molecule has 2 aromatic rings. The van der Waals surface area contributed by atoms with Gasteiger partial charge in [-0.05, 0) is 19.4 Å². The number of halogens is 2. The second-order valence-electron chi connectivity index (χ2n) is 4.55. The molecule has 0 saturated carbocycles. The Morgan fingerprint density at radius 1 is 1.36 bits per heavy atom. The summed E-state index contributed by atoms with van der Waals surface area (Å²) in [6.07, 6.45) is -2.46. The van der Waals surface area contributed by atoms with Crippen LogP contribution >= 0.6 is 11.3 Å². The standard InChI is InChI=1S/C15H16F2N2O2S/c1-3-21-14(20)12-9(2)19-15(22-12)18-8-10-4-6-11(7-5-10)13(16)17/h4-7,13H,3,8H2,1-2H3,(H,18,19). The molecule has 0 atom stereocenters. The van der Waals surface area contributed by atoms with Crippen molar-refractivity contribution in [3.63, 3.8) is 0 Å². The van der Waals surface area contributed by atoms with E-state index in [1.54, 1.807) is 26.0 Å². The molecule has 0 aliphatic carbocycles. The molecule has 7 heteroatoms. The fourth-order valence-corrected chi connectivity index (χ4v) is 2.67. The third kappa shape index (κ3) is 4.00. The summed E-state index contributed by atoms with van der Waals surface area (Å²) in [5.41, 5.74) is 1.47. The van der Waals surface area contributed by atoms with Crippen LogP contribution in [0.5, 0.6) is 0 Å². The molecule has 2 rings (SSSR count). The third-order valence-corrected chi connectivity index (χ3v) is 4.03. The number of thiazole rings is 1. The van der Waals surface area contributed by atoms with Crippen LogP contribution in [0.3, 0.4) is 0 Å². The van der Waals surface area contributed by atoms with E-state index in [0.29, 0.717) is 28.9 Å². The molecule has 1 aromatic heterocycles. The smallest absolute Gasteiger partial charge is 0.350 e. The maximum Gasteiger partial charge on any atom is 0.350 e. The SMILES string of the molecule is CCOC(=O)c1sc(NCc2ccc(C(F)F)cc2)nc1C. The molecule has 0 amide bonds. The van der Waals surface area contributed by atoms with E-state index in [1.807, 2.05) is 0 Å². The van der Waals surface area contributed by atoms with Crippen molar-refractivity contribution in [3.05, 3.63) is 46.0 Å². The number of carbonyl (C=O) groups is 1. The van der Waals surface area contributed by atoms with Gasteiger partial charge in [0, 0.05) is 12.1 Å². The van der Waals surface area contributed by atoms with Crippen molar-refractivity contribution in [2.24, 2.45) is 0 Å². The Labute approximate surface area is 131 Å². The number of esters is 1. The molecule has 0 aliphatic heterocycles. The zero-order valence-corrected chi connectivity index (χ0v) is 13.0. The molecule has 0 fully saturated rings. The number of carbonyl (C=O) groups excluding carboxylic acids is 1. The van der Waals surface area contributed by atoms with Gasteiger partial charge in [0.05, 0.1) is 12.3 Å². The minimum absolute atomic E-state index is 0.00144. The normalized spacial score (nSPS) is 10.8. The van der Waals surface area contributed by atoms with Crippen molar-refractivity contribution < 1.29 is 18.3 Å². The topological polar surface area (TPSA) is 51.2 Å². The van der Waals surface area contributed by atoms with Crippen LogP contribution in [0.25, 0.3) is 0 Å². The minimum Gasteiger partial charge on any atom is -0.462 e. The van der Waals surface area contributed by atoms with Crippen LogP contribution in [0, 0.1) is 6.92 Å². The summed E-state index contributed by atoms with van der Waals surface area (Å²) in [5.74, 6) is -0.383. The van der Waals surface area contributed by atoms with Gasteiger partial charge in [-0.1, -0.05) is 35.6 Å². The van der Waals surface area contributed by atoms with Crippen molar-refractivity contribution in [1.82, 2.24) is 4.98 Å². The number of benzene rings is 1. The first-order valence-corrected chi connectivity index (χ1v) is 7.58. The largest absolute Gasteiger partial charge is 0.462 e. The first-order chi connectivity index (χ1) is 10.5. The monoisotopic (exact) mass is 326 g/mol. The van der Waals surface area contributed by atoms with E-state index in [0.717, 1.165) is 5.56 Å². The second-order valence-corrected chi connectivity index (χ2v) is 5.55. The maximum absolute atomic E-state index is 12.5. The highest BCUT2D eigenvalue weighted by atomic mass is 32.1. The zero-order valence-electron chi connectivity index (χ0n) is 12.2. The van der Waals surface area contributed by atoms with Crippen LogP contribution in [0.2, 0.25) is 0 Å². The van der Waals surface area contributed by atoms with Crippen LogP contribution in [0.15, 0.2) is 24.3 Å². The zero-order chi connectivity index (χ0) is 16.1. The summed E-state index contributed by atoms with van der Waals surface area (Å²) in [6, 6.07) is 6.08. The van der Waals surface area contributed by atoms with Gasteiger partial charge in [-0.15, -0.1) is 0 Å². The van der Waals surface area contributed by atoms with Gasteiger partial charge in [0.1, 0.15) is 4.88 Å². The molecule has 0 spiro atoms. The Morgan fingerprint density at radius 3 is 2.64 bits per heavy atom. The third-order valence-electron chi connectivity index (χ3n) is 2.93. The molecule has 4 nitrogen and oxygen atoms in total. The van der Waals surface area contributed by atoms with Crippen molar-refractivity contribution in [1.29, 1.82) is 0 Å². The number of aryl methyl sites for hydroxylation is 1. The first kappa shape index (κ1) is 16.4. The molecular formula is C15H16F2N2O2S. The van der Waals surface area contributed by atoms with Crippen LogP contribution < -0.4 is 5.32 Å². The van der Waals surface area contributed by atoms with Crippen molar-refractivity contribution in [3.8, 4) is 0 Å². The van der Waals surface area contributed by atoms with Crippen LogP contribution in [-0.4, -0.2) is 17.6 Å². The number of alkyl halides is 2. The van der Waals surface area contributed by atoms with Gasteiger partial charge in [0.2, 0.25) is 0 Å². The average Bonchev–Trinajstić information content (AvgIpc) is 2.87. The molecule has 22 heavy (non-hydrogen) atoms. The first-order valence-electron chi connectivity index (χ1n) is 6.76. The van der Waals surface area contributed by atoms with Gasteiger partial charge < -0.3 is 10.1 Å². The highest BCUT2D eigenvalue weighted by molar-refractivity contribution is 7.17. The summed E-state index contributed by atoms with van der Waals surface area (Å²) in [7, 11) is 0. The maximum atomic E-state index is 12.5. The highest BCUT2D eigenvalue weighted by Gasteiger charge is 2.16. The lowest BCUT2D eigenvalue weighted by Gasteiger charge is -2.04. The Kier molecular flexibility index (Phi) is 5.43. The Balaban J connectivity index is 1.99. The minimum atomic E-state index is -2.46. The number of hydrogen-bond acceptors (Lipinski definition) is 5. The number of nitrogens with one attached hydrogen (secondary N) is 1. The molecule has 0 unspecified atom stereocenters. The number of rotatable bonds is 6. The number of anilines is 1. The summed E-state index contributed by atoms with van der Waals surface area (Å²) in [5, 5.41) is 3.68. The van der Waals surface area contributed by atoms with E-state index >= 15 is 0 Å². The van der Waals surface area contributed by atoms with Gasteiger partial charge in [-0.3, -0.25) is 0 Å². The molecule has 0 radical (unpaired) electrons. The van der Waals surface area contributed by atoms with Gasteiger partial charge >= 0.3 is 5.97 Å². The lowest BCUT2D eigenvalue weighted by Crippen LogP contribution is -2.03. The fraction of sp³-hybridized carbons (Fsp3) is 0.333. The van der Waals surface area contributed by atoms with E-state index in [1.165, 1.54) is 23.5 Å². The Morgan fingerprint density at radius 2 is 2.05 bits per heavy atom. The summed E-state index contributed by atoms with van der Waals surface area (Å²) in [6.45, 7) is 4.25. The lowest BCUT2D eigenvalue weighted by atomic mass is 10.1. The van der Waals surface area contributed by atoms with Crippen LogP contribution in [0.4, 0.5) is 13.9 Å². The lowest BCUT2D eigenvalue weighted by molar-refractivity contribution is 0.0531. The Bertz CT molecular complexity index is 641. The average molecular weight is 326 g/mol. The molecule has 0 aliphatic rings. The van der Waals surface area contributed by atoms with Gasteiger partial charge in [-0.2, -0.15) is 0 Å². The summed E-state index contributed by atoms with van der Waals surface area (Å²) in [4.78, 5) is 16.4. The fourth-order valence-electron chi connectivity index (χ4n) is 1.82. The number of nitrogens with zero attached hydrogens (tertiary/aromatic N) is 1. The van der Waals surface area contributed by atoms with Crippen LogP contribution in [0.1, 0.15) is 39.8 Å². The van der Waals surface area contributed by atoms with Gasteiger partial charge in [-0.25, -0.2) is 18.6 Å². The van der Waals surface area contributed by atoms with E-state index in [4.69, 9.17) is 4.74 Å². The van der Waals surface area contributed by atoms with Crippen molar-refractivity contribution in [2.75, 3.05) is 11.9 Å². The van der Waals surface area contributed by atoms with E-state index < -0.39 is 6.43 Å². The molecule has 0 saturated heterocycles. The molecule has 1 aromatic carbocycles. The van der Waals surface area contributed by atoms with Gasteiger partial charge in [0.25, 0.3) is 6.43 Å². The number of ether oxygens (including phenoxy) is 1. The quantitative estimate of drug-likeness (QED) is 0.809. The molecule has 118 valence electrons. The summed E-state index contributed by atoms with van der Waals surface area (Å²) < 4.78 is 29.9. The molecular weight excluding hydrogens is 310 g/mol. The molecule has 1 N–H and O–H groups in total. The van der Waals surface area contributed by atoms with Crippen molar-refractivity contribution in [2.45, 2.75) is 26.8 Å². The predicted octanol–water partition coefficient (Wildman–Crippen LogP) is 4.18. The van der Waals surface area contributed by atoms with Gasteiger partial charge in [0.15, 0.2) is 5.13 Å². The van der Waals surface area contributed by atoms with E-state index in [9.17, 15) is 13.6 Å². The predicted molar refractivity (Wildman–Crippen MR) is 81.5 cm³/mol. The van der Waals surface area contributed by atoms with E-state index in [2.05, 4.69) is 10.3 Å². The Hall–Kier alpha value is -2.02. The molecule has 1 heterocycles. The van der Waals surface area contributed by atoms with Crippen LogP contribution in [-0.2, 0) is 11.3 Å². The number of hydrogen-bond donors (Lipinski definition) is 1. The number of aromatic nitrogens is 1.